The molecule has 0 aromatic carbocycles. The lowest BCUT2D eigenvalue weighted by molar-refractivity contribution is -0.146. The second kappa shape index (κ2) is 40.1. The third-order valence-electron chi connectivity index (χ3n) is 11.1. The molecule has 2 unspecified atom stereocenters. The molecular weight excluding hydrogens is 631 g/mol. The maximum absolute atomic E-state index is 12.5. The fourth-order valence-electron chi connectivity index (χ4n) is 7.44. The molecule has 0 saturated carbocycles. The van der Waals surface area contributed by atoms with E-state index in [4.69, 9.17) is 9.47 Å². The second-order valence-corrected chi connectivity index (χ2v) is 16.1. The first-order valence-electron chi connectivity index (χ1n) is 23.0. The molecular formula is C46H91NO4. The molecule has 0 spiro atoms. The molecule has 0 aromatic rings. The molecule has 0 amide bonds. The summed E-state index contributed by atoms with van der Waals surface area (Å²) in [5.41, 5.74) is 0. The standard InChI is InChI=1S/C46H91NO4/c1-6-10-14-18-20-26-34-42(32-24-16-12-8-3)40-50-45(48)38-30-22-28-36-44(47-5)37-29-23-31-39-46(49)51-41-43(33-25-17-13-9-4)35-27-21-19-15-11-7-2/h42-44,47H,6-41H2,1-5H3. The summed E-state index contributed by atoms with van der Waals surface area (Å²) in [6, 6.07) is 0.509. The van der Waals surface area contributed by atoms with E-state index in [9.17, 15) is 9.59 Å². The highest BCUT2D eigenvalue weighted by atomic mass is 16.5. The molecule has 5 heteroatoms. The zero-order chi connectivity index (χ0) is 37.5. The topological polar surface area (TPSA) is 64.6 Å². The third-order valence-corrected chi connectivity index (χ3v) is 11.1. The Labute approximate surface area is 319 Å². The van der Waals surface area contributed by atoms with Gasteiger partial charge in [-0.3, -0.25) is 9.59 Å². The molecule has 0 radical (unpaired) electrons. The van der Waals surface area contributed by atoms with Gasteiger partial charge in [0.1, 0.15) is 0 Å². The summed E-state index contributed by atoms with van der Waals surface area (Å²) in [7, 11) is 2.06. The number of nitrogens with one attached hydrogen (secondary N) is 1. The Morgan fingerprint density at radius 3 is 1.00 bits per heavy atom. The van der Waals surface area contributed by atoms with Crippen molar-refractivity contribution >= 4 is 11.9 Å². The molecule has 304 valence electrons. The molecule has 0 rings (SSSR count). The molecule has 0 bridgehead atoms. The van der Waals surface area contributed by atoms with Crippen LogP contribution < -0.4 is 5.32 Å². The summed E-state index contributed by atoms with van der Waals surface area (Å²) < 4.78 is 11.6. The van der Waals surface area contributed by atoms with Crippen molar-refractivity contribution in [1.29, 1.82) is 0 Å². The number of hydrogen-bond acceptors (Lipinski definition) is 5. The number of carbonyl (C=O) groups is 2. The summed E-state index contributed by atoms with van der Waals surface area (Å²) >= 11 is 0. The molecule has 1 N–H and O–H groups in total. The van der Waals surface area contributed by atoms with E-state index in [1.807, 2.05) is 0 Å². The van der Waals surface area contributed by atoms with E-state index in [2.05, 4.69) is 40.1 Å². The molecule has 0 aliphatic rings. The fourth-order valence-corrected chi connectivity index (χ4v) is 7.44. The van der Waals surface area contributed by atoms with E-state index in [1.54, 1.807) is 0 Å². The smallest absolute Gasteiger partial charge is 0.305 e. The molecule has 51 heavy (non-hydrogen) atoms. The van der Waals surface area contributed by atoms with E-state index >= 15 is 0 Å². The minimum absolute atomic E-state index is 0.000460. The number of esters is 2. The first kappa shape index (κ1) is 49.9. The second-order valence-electron chi connectivity index (χ2n) is 16.1. The summed E-state index contributed by atoms with van der Waals surface area (Å²) in [5.74, 6) is 1.08. The van der Waals surface area contributed by atoms with Gasteiger partial charge in [-0.1, -0.05) is 182 Å². The van der Waals surface area contributed by atoms with Gasteiger partial charge in [0.2, 0.25) is 0 Å². The Morgan fingerprint density at radius 2 is 0.667 bits per heavy atom. The summed E-state index contributed by atoms with van der Waals surface area (Å²) in [6.07, 6.45) is 40.7. The van der Waals surface area contributed by atoms with Crippen molar-refractivity contribution in [3.05, 3.63) is 0 Å². The van der Waals surface area contributed by atoms with Crippen molar-refractivity contribution in [2.45, 2.75) is 252 Å². The van der Waals surface area contributed by atoms with Crippen LogP contribution in [0.1, 0.15) is 246 Å². The van der Waals surface area contributed by atoms with Crippen LogP contribution in [-0.2, 0) is 19.1 Å². The first-order valence-corrected chi connectivity index (χ1v) is 23.0. The molecule has 0 saturated heterocycles. The van der Waals surface area contributed by atoms with Crippen molar-refractivity contribution in [3.63, 3.8) is 0 Å². The fraction of sp³-hybridized carbons (Fsp3) is 0.957. The molecule has 0 fully saturated rings. The van der Waals surface area contributed by atoms with Gasteiger partial charge in [-0.2, -0.15) is 0 Å². The average molecular weight is 722 g/mol. The van der Waals surface area contributed by atoms with Crippen molar-refractivity contribution in [3.8, 4) is 0 Å². The van der Waals surface area contributed by atoms with Gasteiger partial charge < -0.3 is 14.8 Å². The maximum Gasteiger partial charge on any atom is 0.305 e. The van der Waals surface area contributed by atoms with Crippen LogP contribution in [0, 0.1) is 11.8 Å². The minimum Gasteiger partial charge on any atom is -0.465 e. The zero-order valence-electron chi connectivity index (χ0n) is 35.3. The Balaban J connectivity index is 4.13. The van der Waals surface area contributed by atoms with Crippen LogP contribution in [0.25, 0.3) is 0 Å². The lowest BCUT2D eigenvalue weighted by Crippen LogP contribution is -2.24. The van der Waals surface area contributed by atoms with Crippen LogP contribution in [0.15, 0.2) is 0 Å². The van der Waals surface area contributed by atoms with Gasteiger partial charge >= 0.3 is 11.9 Å². The van der Waals surface area contributed by atoms with Crippen molar-refractivity contribution in [2.24, 2.45) is 11.8 Å². The highest BCUT2D eigenvalue weighted by Gasteiger charge is 2.14. The van der Waals surface area contributed by atoms with Gasteiger partial charge in [-0.25, -0.2) is 0 Å². The SMILES string of the molecule is CCCCCCCCC(CCCCCC)COC(=O)CCCCCC(CCCCCC(=O)OCC(CCCCCC)CCCCCCCC)NC. The predicted octanol–water partition coefficient (Wildman–Crippen LogP) is 14.2. The monoisotopic (exact) mass is 722 g/mol. The number of unbranched alkanes of at least 4 members (excludes halogenated alkanes) is 20. The van der Waals surface area contributed by atoms with Gasteiger partial charge in [0.25, 0.3) is 0 Å². The van der Waals surface area contributed by atoms with Crippen LogP contribution in [0.5, 0.6) is 0 Å². The van der Waals surface area contributed by atoms with Gasteiger partial charge in [0.05, 0.1) is 13.2 Å². The molecule has 0 heterocycles. The number of ether oxygens (including phenoxy) is 2. The van der Waals surface area contributed by atoms with E-state index < -0.39 is 0 Å². The van der Waals surface area contributed by atoms with Gasteiger partial charge in [0, 0.05) is 18.9 Å². The Kier molecular flexibility index (Phi) is 39.2. The number of hydrogen-bond donors (Lipinski definition) is 1. The summed E-state index contributed by atoms with van der Waals surface area (Å²) in [6.45, 7) is 10.3. The van der Waals surface area contributed by atoms with E-state index in [-0.39, 0.29) is 11.9 Å². The van der Waals surface area contributed by atoms with Crippen LogP contribution in [0.2, 0.25) is 0 Å². The van der Waals surface area contributed by atoms with Crippen molar-refractivity contribution in [1.82, 2.24) is 5.32 Å². The highest BCUT2D eigenvalue weighted by molar-refractivity contribution is 5.69. The number of carbonyl (C=O) groups excluding carboxylic acids is 2. The quantitative estimate of drug-likeness (QED) is 0.0503. The minimum atomic E-state index is 0.000460. The van der Waals surface area contributed by atoms with Gasteiger partial charge in [-0.15, -0.1) is 0 Å². The zero-order valence-corrected chi connectivity index (χ0v) is 35.3. The van der Waals surface area contributed by atoms with E-state index in [0.717, 1.165) is 51.4 Å². The lowest BCUT2D eigenvalue weighted by atomic mass is 9.95. The summed E-state index contributed by atoms with van der Waals surface area (Å²) in [4.78, 5) is 25.1. The maximum atomic E-state index is 12.5. The number of rotatable bonds is 41. The normalized spacial score (nSPS) is 13.3. The summed E-state index contributed by atoms with van der Waals surface area (Å²) in [5, 5.41) is 3.49. The Bertz CT molecular complexity index is 670. The van der Waals surface area contributed by atoms with E-state index in [1.165, 1.54) is 154 Å². The van der Waals surface area contributed by atoms with Crippen LogP contribution in [0.3, 0.4) is 0 Å². The Morgan fingerprint density at radius 1 is 0.392 bits per heavy atom. The molecule has 0 aromatic heterocycles. The largest absolute Gasteiger partial charge is 0.465 e. The van der Waals surface area contributed by atoms with Crippen molar-refractivity contribution in [2.75, 3.05) is 20.3 Å². The van der Waals surface area contributed by atoms with Gasteiger partial charge in [0.15, 0.2) is 0 Å². The average Bonchev–Trinajstić information content (AvgIpc) is 3.13. The molecule has 0 aliphatic heterocycles. The predicted molar refractivity (Wildman–Crippen MR) is 221 cm³/mol. The van der Waals surface area contributed by atoms with Crippen molar-refractivity contribution < 1.29 is 19.1 Å². The van der Waals surface area contributed by atoms with Crippen LogP contribution in [-0.4, -0.2) is 38.2 Å². The highest BCUT2D eigenvalue weighted by Crippen LogP contribution is 2.22. The van der Waals surface area contributed by atoms with Gasteiger partial charge in [-0.05, 0) is 70.3 Å². The molecule has 0 aliphatic carbocycles. The van der Waals surface area contributed by atoms with Crippen LogP contribution in [0.4, 0.5) is 0 Å². The first-order chi connectivity index (χ1) is 25.0. The molecule has 2 atom stereocenters. The van der Waals surface area contributed by atoms with Crippen LogP contribution >= 0.6 is 0 Å². The van der Waals surface area contributed by atoms with E-state index in [0.29, 0.717) is 43.9 Å². The third kappa shape index (κ3) is 35.7. The lowest BCUT2D eigenvalue weighted by Gasteiger charge is -2.18. The molecule has 5 nitrogen and oxygen atoms in total. The Hall–Kier alpha value is -1.10.